The van der Waals surface area contributed by atoms with Gasteiger partial charge in [0.15, 0.2) is 0 Å². The molecule has 3 N–H and O–H groups in total. The highest BCUT2D eigenvalue weighted by atomic mass is 32.2. The van der Waals surface area contributed by atoms with Gasteiger partial charge in [0.25, 0.3) is 0 Å². The quantitative estimate of drug-likeness (QED) is 0.648. The first kappa shape index (κ1) is 14.7. The summed E-state index contributed by atoms with van der Waals surface area (Å²) in [5.41, 5.74) is 5.11. The fraction of sp³-hybridized carbons (Fsp3) is 1.00. The average molecular weight is 248 g/mol. The second-order valence-corrected chi connectivity index (χ2v) is 5.00. The summed E-state index contributed by atoms with van der Waals surface area (Å²) < 4.78 is 59.3. The Balaban J connectivity index is 3.67. The molecule has 0 radical (unpaired) electrons. The normalized spacial score (nSPS) is 13.1. The summed E-state index contributed by atoms with van der Waals surface area (Å²) in [4.78, 5) is 0. The lowest BCUT2D eigenvalue weighted by Gasteiger charge is -2.07. The van der Waals surface area contributed by atoms with Gasteiger partial charge in [0.1, 0.15) is 0 Å². The smallest absolute Gasteiger partial charge is 0.330 e. The van der Waals surface area contributed by atoms with E-state index in [0.717, 1.165) is 0 Å². The molecule has 0 atom stereocenters. The summed E-state index contributed by atoms with van der Waals surface area (Å²) in [5, 5.41) is 0. The molecule has 0 aromatic rings. The number of nitrogens with one attached hydrogen (secondary N) is 1. The van der Waals surface area contributed by atoms with Gasteiger partial charge in [0.2, 0.25) is 10.0 Å². The summed E-state index contributed by atoms with van der Waals surface area (Å²) in [5.74, 6) is -0.143. The summed E-state index contributed by atoms with van der Waals surface area (Å²) in [6.45, 7) is 0.0515. The van der Waals surface area contributed by atoms with Crippen molar-refractivity contribution < 1.29 is 21.6 Å². The average Bonchev–Trinajstić information content (AvgIpc) is 2.08. The molecule has 0 amide bonds. The molecule has 0 aromatic carbocycles. The van der Waals surface area contributed by atoms with Crippen molar-refractivity contribution in [3.63, 3.8) is 0 Å². The van der Waals surface area contributed by atoms with Crippen LogP contribution in [0, 0.1) is 0 Å². The number of halogens is 3. The topological polar surface area (TPSA) is 72.2 Å². The summed E-state index contributed by atoms with van der Waals surface area (Å²) in [7, 11) is -3.46. The molecule has 15 heavy (non-hydrogen) atoms. The fourth-order valence-corrected chi connectivity index (χ4v) is 2.01. The first-order valence-electron chi connectivity index (χ1n) is 4.51. The lowest BCUT2D eigenvalue weighted by molar-refractivity contribution is -0.135. The molecule has 8 heteroatoms. The Morgan fingerprint density at radius 3 is 2.27 bits per heavy atom. The monoisotopic (exact) mass is 248 g/mol. The number of sulfonamides is 1. The van der Waals surface area contributed by atoms with Gasteiger partial charge in [0.05, 0.1) is 5.75 Å². The molecule has 0 aliphatic heterocycles. The van der Waals surface area contributed by atoms with Crippen LogP contribution >= 0.6 is 0 Å². The standard InChI is InChI=1S/C7H15F3N2O2S/c8-7(9,10)3-1-5-12-15(13,14)6-2-4-11/h12H,1-6,11H2. The van der Waals surface area contributed by atoms with Crippen molar-refractivity contribution in [2.24, 2.45) is 5.73 Å². The lowest BCUT2D eigenvalue weighted by atomic mass is 10.3. The molecule has 0 aromatic heterocycles. The van der Waals surface area contributed by atoms with Gasteiger partial charge < -0.3 is 5.73 Å². The summed E-state index contributed by atoms with van der Waals surface area (Å²) in [6.07, 6.45) is -5.16. The minimum absolute atomic E-state index is 0.143. The number of nitrogens with two attached hydrogens (primary N) is 1. The maximum atomic E-state index is 11.7. The Morgan fingerprint density at radius 1 is 1.20 bits per heavy atom. The zero-order valence-corrected chi connectivity index (χ0v) is 9.00. The molecular weight excluding hydrogens is 233 g/mol. The fourth-order valence-electron chi connectivity index (χ4n) is 0.862. The third-order valence-electron chi connectivity index (χ3n) is 1.58. The van der Waals surface area contributed by atoms with Gasteiger partial charge in [-0.25, -0.2) is 13.1 Å². The van der Waals surface area contributed by atoms with Crippen LogP contribution in [0.25, 0.3) is 0 Å². The van der Waals surface area contributed by atoms with E-state index in [0.29, 0.717) is 6.42 Å². The molecule has 0 saturated heterocycles. The highest BCUT2D eigenvalue weighted by Gasteiger charge is 2.26. The SMILES string of the molecule is NCCCS(=O)(=O)NCCCC(F)(F)F. The van der Waals surface area contributed by atoms with Crippen molar-refractivity contribution in [1.82, 2.24) is 4.72 Å². The first-order valence-corrected chi connectivity index (χ1v) is 6.16. The number of hydrogen-bond acceptors (Lipinski definition) is 3. The van der Waals surface area contributed by atoms with Crippen molar-refractivity contribution in [2.75, 3.05) is 18.8 Å². The largest absolute Gasteiger partial charge is 0.389 e. The third-order valence-corrected chi connectivity index (χ3v) is 3.05. The van der Waals surface area contributed by atoms with E-state index in [4.69, 9.17) is 5.73 Å². The van der Waals surface area contributed by atoms with Crippen molar-refractivity contribution in [3.8, 4) is 0 Å². The molecule has 0 bridgehead atoms. The van der Waals surface area contributed by atoms with Crippen LogP contribution in [0.2, 0.25) is 0 Å². The van der Waals surface area contributed by atoms with E-state index < -0.39 is 22.6 Å². The van der Waals surface area contributed by atoms with Crippen molar-refractivity contribution >= 4 is 10.0 Å². The van der Waals surface area contributed by atoms with Gasteiger partial charge in [-0.2, -0.15) is 13.2 Å². The Labute approximate surface area is 87.1 Å². The molecule has 0 aliphatic rings. The van der Waals surface area contributed by atoms with Crippen molar-refractivity contribution in [2.45, 2.75) is 25.4 Å². The van der Waals surface area contributed by atoms with Gasteiger partial charge >= 0.3 is 6.18 Å². The van der Waals surface area contributed by atoms with Crippen molar-refractivity contribution in [3.05, 3.63) is 0 Å². The van der Waals surface area contributed by atoms with Crippen LogP contribution in [0.1, 0.15) is 19.3 Å². The molecule has 0 spiro atoms. The maximum Gasteiger partial charge on any atom is 0.389 e. The molecule has 0 rings (SSSR count). The second-order valence-electron chi connectivity index (χ2n) is 3.07. The highest BCUT2D eigenvalue weighted by molar-refractivity contribution is 7.89. The number of hydrogen-bond donors (Lipinski definition) is 2. The third kappa shape index (κ3) is 9.95. The highest BCUT2D eigenvalue weighted by Crippen LogP contribution is 2.20. The van der Waals surface area contributed by atoms with E-state index in [9.17, 15) is 21.6 Å². The molecule has 0 unspecified atom stereocenters. The van der Waals surface area contributed by atoms with E-state index in [2.05, 4.69) is 4.72 Å². The van der Waals surface area contributed by atoms with E-state index in [1.807, 2.05) is 0 Å². The summed E-state index contributed by atoms with van der Waals surface area (Å²) in [6, 6.07) is 0. The summed E-state index contributed by atoms with van der Waals surface area (Å²) >= 11 is 0. The van der Waals surface area contributed by atoms with Crippen LogP contribution in [0.3, 0.4) is 0 Å². The minimum Gasteiger partial charge on any atom is -0.330 e. The first-order chi connectivity index (χ1) is 6.77. The maximum absolute atomic E-state index is 11.7. The van der Waals surface area contributed by atoms with Crippen molar-refractivity contribution in [1.29, 1.82) is 0 Å². The zero-order valence-electron chi connectivity index (χ0n) is 8.18. The van der Waals surface area contributed by atoms with E-state index in [-0.39, 0.29) is 25.3 Å². The molecule has 4 nitrogen and oxygen atoms in total. The Morgan fingerprint density at radius 2 is 1.80 bits per heavy atom. The number of rotatable bonds is 7. The van der Waals surface area contributed by atoms with Crippen LogP contribution in [-0.2, 0) is 10.0 Å². The minimum atomic E-state index is -4.23. The predicted molar refractivity (Wildman–Crippen MR) is 50.7 cm³/mol. The molecule has 92 valence electrons. The van der Waals surface area contributed by atoms with Crippen LogP contribution in [-0.4, -0.2) is 33.4 Å². The van der Waals surface area contributed by atoms with E-state index in [1.165, 1.54) is 0 Å². The lowest BCUT2D eigenvalue weighted by Crippen LogP contribution is -2.29. The molecule has 0 heterocycles. The van der Waals surface area contributed by atoms with Gasteiger partial charge in [-0.1, -0.05) is 0 Å². The second kappa shape index (κ2) is 6.29. The Kier molecular flexibility index (Phi) is 6.15. The van der Waals surface area contributed by atoms with Gasteiger partial charge in [-0.3, -0.25) is 0 Å². The van der Waals surface area contributed by atoms with Crippen LogP contribution in [0.4, 0.5) is 13.2 Å². The molecular formula is C7H15F3N2O2S. The van der Waals surface area contributed by atoms with E-state index >= 15 is 0 Å². The Bertz CT molecular complexity index is 264. The van der Waals surface area contributed by atoms with Crippen LogP contribution in [0.15, 0.2) is 0 Å². The molecule has 0 aliphatic carbocycles. The Hall–Kier alpha value is -0.340. The van der Waals surface area contributed by atoms with E-state index in [1.54, 1.807) is 0 Å². The van der Waals surface area contributed by atoms with Gasteiger partial charge in [-0.05, 0) is 19.4 Å². The van der Waals surface area contributed by atoms with Crippen LogP contribution in [0.5, 0.6) is 0 Å². The zero-order chi connectivity index (χ0) is 11.9. The molecule has 0 fully saturated rings. The predicted octanol–water partition coefficient (Wildman–Crippen LogP) is 0.597. The number of alkyl halides is 3. The van der Waals surface area contributed by atoms with Gasteiger partial charge in [-0.15, -0.1) is 0 Å². The van der Waals surface area contributed by atoms with Crippen LogP contribution < -0.4 is 10.5 Å². The van der Waals surface area contributed by atoms with Gasteiger partial charge in [0, 0.05) is 13.0 Å². The molecule has 0 saturated carbocycles.